The van der Waals surface area contributed by atoms with E-state index in [1.54, 1.807) is 4.57 Å². The number of fused-ring (bicyclic) bond motifs is 2. The SMILES string of the molecule is O=C(COC(=O)c1ccc2c(=O)n3c(nc2c1)CCC3)NCCN1C(=O)CSC1=O. The number of thioether (sulfide) groups is 1. The van der Waals surface area contributed by atoms with Crippen molar-refractivity contribution < 1.29 is 23.9 Å². The Labute approximate surface area is 174 Å². The number of benzene rings is 1. The number of imide groups is 1. The molecule has 2 aromatic rings. The molecule has 2 aliphatic rings. The molecule has 2 aliphatic heterocycles. The highest BCUT2D eigenvalue weighted by Gasteiger charge is 2.29. The minimum absolute atomic E-state index is 0.0700. The van der Waals surface area contributed by atoms with Crippen LogP contribution in [-0.2, 0) is 27.3 Å². The van der Waals surface area contributed by atoms with Gasteiger partial charge in [-0.15, -0.1) is 0 Å². The summed E-state index contributed by atoms with van der Waals surface area (Å²) in [6, 6.07) is 4.49. The van der Waals surface area contributed by atoms with E-state index in [9.17, 15) is 24.0 Å². The van der Waals surface area contributed by atoms with Crippen molar-refractivity contribution in [2.24, 2.45) is 0 Å². The predicted molar refractivity (Wildman–Crippen MR) is 107 cm³/mol. The fourth-order valence-electron chi connectivity index (χ4n) is 3.38. The van der Waals surface area contributed by atoms with Crippen molar-refractivity contribution in [3.8, 4) is 0 Å². The minimum Gasteiger partial charge on any atom is -0.452 e. The van der Waals surface area contributed by atoms with Crippen molar-refractivity contribution in [3.63, 3.8) is 0 Å². The van der Waals surface area contributed by atoms with Gasteiger partial charge in [-0.05, 0) is 24.6 Å². The Morgan fingerprint density at radius 3 is 2.83 bits per heavy atom. The molecule has 11 heteroatoms. The molecule has 1 saturated heterocycles. The van der Waals surface area contributed by atoms with Crippen LogP contribution in [0, 0.1) is 0 Å². The fourth-order valence-corrected chi connectivity index (χ4v) is 4.13. The normalized spacial score (nSPS) is 15.5. The first-order valence-corrected chi connectivity index (χ1v) is 10.4. The van der Waals surface area contributed by atoms with E-state index >= 15 is 0 Å². The maximum absolute atomic E-state index is 12.5. The number of hydrogen-bond acceptors (Lipinski definition) is 8. The lowest BCUT2D eigenvalue weighted by molar-refractivity contribution is -0.126. The van der Waals surface area contributed by atoms with Gasteiger partial charge in [0.25, 0.3) is 16.7 Å². The van der Waals surface area contributed by atoms with Crippen molar-refractivity contribution in [3.05, 3.63) is 39.9 Å². The molecule has 1 aromatic carbocycles. The Balaban J connectivity index is 1.32. The second-order valence-corrected chi connectivity index (χ2v) is 7.77. The van der Waals surface area contributed by atoms with Crippen LogP contribution in [0.15, 0.2) is 23.0 Å². The molecule has 1 aromatic heterocycles. The molecule has 1 fully saturated rings. The quantitative estimate of drug-likeness (QED) is 0.649. The maximum Gasteiger partial charge on any atom is 0.338 e. The highest BCUT2D eigenvalue weighted by molar-refractivity contribution is 8.14. The van der Waals surface area contributed by atoms with Gasteiger partial charge in [-0.2, -0.15) is 0 Å². The van der Waals surface area contributed by atoms with Gasteiger partial charge in [0.15, 0.2) is 6.61 Å². The number of rotatable bonds is 6. The van der Waals surface area contributed by atoms with Gasteiger partial charge < -0.3 is 10.1 Å². The molecule has 3 heterocycles. The molecule has 0 saturated carbocycles. The summed E-state index contributed by atoms with van der Waals surface area (Å²) in [7, 11) is 0. The molecule has 0 radical (unpaired) electrons. The third-order valence-corrected chi connectivity index (χ3v) is 5.74. The third-order valence-electron chi connectivity index (χ3n) is 4.88. The van der Waals surface area contributed by atoms with Crippen molar-refractivity contribution in [2.45, 2.75) is 19.4 Å². The summed E-state index contributed by atoms with van der Waals surface area (Å²) in [5.74, 6) is -0.743. The zero-order chi connectivity index (χ0) is 21.3. The molecule has 156 valence electrons. The molecule has 1 N–H and O–H groups in total. The van der Waals surface area contributed by atoms with Gasteiger partial charge >= 0.3 is 5.97 Å². The number of nitrogens with zero attached hydrogens (tertiary/aromatic N) is 3. The molecule has 0 atom stereocenters. The average molecular weight is 430 g/mol. The van der Waals surface area contributed by atoms with Crippen LogP contribution in [0.3, 0.4) is 0 Å². The molecule has 0 spiro atoms. The Morgan fingerprint density at radius 2 is 2.07 bits per heavy atom. The Bertz CT molecular complexity index is 1110. The molecule has 0 aliphatic carbocycles. The highest BCUT2D eigenvalue weighted by atomic mass is 32.2. The molecule has 10 nitrogen and oxygen atoms in total. The lowest BCUT2D eigenvalue weighted by atomic mass is 10.1. The summed E-state index contributed by atoms with van der Waals surface area (Å²) >= 11 is 0.921. The van der Waals surface area contributed by atoms with Crippen molar-refractivity contribution >= 4 is 45.7 Å². The van der Waals surface area contributed by atoms with E-state index in [1.165, 1.54) is 18.2 Å². The van der Waals surface area contributed by atoms with Crippen LogP contribution in [0.2, 0.25) is 0 Å². The Hall–Kier alpha value is -3.21. The largest absolute Gasteiger partial charge is 0.452 e. The predicted octanol–water partition coefficient (Wildman–Crippen LogP) is 0.311. The third kappa shape index (κ3) is 3.92. The summed E-state index contributed by atoms with van der Waals surface area (Å²) in [4.78, 5) is 65.1. The monoisotopic (exact) mass is 430 g/mol. The van der Waals surface area contributed by atoms with Gasteiger partial charge in [0.2, 0.25) is 5.91 Å². The Morgan fingerprint density at radius 1 is 1.23 bits per heavy atom. The van der Waals surface area contributed by atoms with E-state index in [0.717, 1.165) is 23.1 Å². The van der Waals surface area contributed by atoms with Crippen LogP contribution in [-0.4, -0.2) is 62.9 Å². The number of carbonyl (C=O) groups is 4. The van der Waals surface area contributed by atoms with E-state index in [4.69, 9.17) is 4.74 Å². The average Bonchev–Trinajstić information content (AvgIpc) is 3.33. The van der Waals surface area contributed by atoms with Gasteiger partial charge in [0, 0.05) is 26.1 Å². The van der Waals surface area contributed by atoms with Crippen LogP contribution in [0.4, 0.5) is 4.79 Å². The molecule has 0 bridgehead atoms. The topological polar surface area (TPSA) is 128 Å². The van der Waals surface area contributed by atoms with Crippen molar-refractivity contribution in [2.75, 3.05) is 25.4 Å². The summed E-state index contributed by atoms with van der Waals surface area (Å²) in [6.07, 6.45) is 1.58. The summed E-state index contributed by atoms with van der Waals surface area (Å²) < 4.78 is 6.66. The number of amides is 3. The minimum atomic E-state index is -0.712. The van der Waals surface area contributed by atoms with Gasteiger partial charge in [-0.1, -0.05) is 11.8 Å². The Kier molecular flexibility index (Phi) is 5.53. The molecular formula is C19H18N4O6S. The highest BCUT2D eigenvalue weighted by Crippen LogP contribution is 2.18. The van der Waals surface area contributed by atoms with E-state index < -0.39 is 18.5 Å². The number of esters is 1. The van der Waals surface area contributed by atoms with Gasteiger partial charge in [0.05, 0.1) is 22.2 Å². The summed E-state index contributed by atoms with van der Waals surface area (Å²) in [5.41, 5.74) is 0.487. The van der Waals surface area contributed by atoms with Crippen LogP contribution >= 0.6 is 11.8 Å². The standard InChI is InChI=1S/C19H18N4O6S/c24-15(20-5-7-23-16(25)10-30-19(23)28)9-29-18(27)11-3-4-12-13(8-11)21-14-2-1-6-22(14)17(12)26/h3-4,8H,1-2,5-7,9-10H2,(H,20,24). The molecule has 3 amide bonds. The first-order chi connectivity index (χ1) is 14.4. The van der Waals surface area contributed by atoms with Gasteiger partial charge in [0.1, 0.15) is 5.82 Å². The molecule has 30 heavy (non-hydrogen) atoms. The van der Waals surface area contributed by atoms with E-state index in [0.29, 0.717) is 29.7 Å². The summed E-state index contributed by atoms with van der Waals surface area (Å²) in [6.45, 7) is 0.284. The van der Waals surface area contributed by atoms with Crippen molar-refractivity contribution in [1.82, 2.24) is 19.8 Å². The number of aromatic nitrogens is 2. The van der Waals surface area contributed by atoms with Gasteiger partial charge in [-0.25, -0.2) is 9.78 Å². The van der Waals surface area contributed by atoms with Crippen LogP contribution in [0.1, 0.15) is 22.6 Å². The van der Waals surface area contributed by atoms with E-state index in [-0.39, 0.29) is 41.1 Å². The smallest absolute Gasteiger partial charge is 0.338 e. The first-order valence-electron chi connectivity index (χ1n) is 9.38. The number of carbonyl (C=O) groups excluding carboxylic acids is 4. The number of aryl methyl sites for hydroxylation is 1. The second kappa shape index (κ2) is 8.27. The zero-order valence-corrected chi connectivity index (χ0v) is 16.7. The van der Waals surface area contributed by atoms with Crippen molar-refractivity contribution in [1.29, 1.82) is 0 Å². The molecular weight excluding hydrogens is 412 g/mol. The second-order valence-electron chi connectivity index (χ2n) is 6.85. The first kappa shape index (κ1) is 20.1. The van der Waals surface area contributed by atoms with E-state index in [2.05, 4.69) is 10.3 Å². The fraction of sp³-hybridized carbons (Fsp3) is 0.368. The number of hydrogen-bond donors (Lipinski definition) is 1. The maximum atomic E-state index is 12.5. The zero-order valence-electron chi connectivity index (χ0n) is 15.9. The van der Waals surface area contributed by atoms with Crippen LogP contribution < -0.4 is 10.9 Å². The number of ether oxygens (including phenoxy) is 1. The van der Waals surface area contributed by atoms with E-state index in [1.807, 2.05) is 0 Å². The molecule has 0 unspecified atom stereocenters. The van der Waals surface area contributed by atoms with Crippen LogP contribution in [0.25, 0.3) is 10.9 Å². The number of nitrogens with one attached hydrogen (secondary N) is 1. The lowest BCUT2D eigenvalue weighted by Crippen LogP contribution is -2.38. The molecule has 4 rings (SSSR count). The summed E-state index contributed by atoms with van der Waals surface area (Å²) in [5, 5.41) is 2.59. The lowest BCUT2D eigenvalue weighted by Gasteiger charge is -2.13. The van der Waals surface area contributed by atoms with Gasteiger partial charge in [-0.3, -0.25) is 28.6 Å². The van der Waals surface area contributed by atoms with Crippen LogP contribution in [0.5, 0.6) is 0 Å².